The van der Waals surface area contributed by atoms with E-state index in [-0.39, 0.29) is 18.6 Å². The molecule has 0 saturated carbocycles. The number of likely N-dealkylation sites (tertiary alicyclic amines) is 1. The van der Waals surface area contributed by atoms with Crippen LogP contribution in [0.25, 0.3) is 0 Å². The molecule has 2 atom stereocenters. The van der Waals surface area contributed by atoms with Crippen LogP contribution in [0.3, 0.4) is 0 Å². The average molecular weight is 250 g/mol. The first kappa shape index (κ1) is 11.0. The van der Waals surface area contributed by atoms with Gasteiger partial charge in [0.05, 0.1) is 12.6 Å². The summed E-state index contributed by atoms with van der Waals surface area (Å²) >= 11 is 3.24. The molecular weight excluding hydrogens is 234 g/mol. The van der Waals surface area contributed by atoms with Crippen LogP contribution < -0.4 is 0 Å². The highest BCUT2D eigenvalue weighted by Gasteiger charge is 2.32. The van der Waals surface area contributed by atoms with Gasteiger partial charge in [-0.2, -0.15) is 0 Å². The number of nitrogens with zero attached hydrogens (tertiary/aromatic N) is 1. The van der Waals surface area contributed by atoms with Crippen molar-refractivity contribution in [1.29, 1.82) is 0 Å². The molecule has 0 radical (unpaired) electrons. The highest BCUT2D eigenvalue weighted by molar-refractivity contribution is 9.09. The first-order valence-corrected chi connectivity index (χ1v) is 5.79. The number of aliphatic hydroxyl groups is 1. The number of hydrogen-bond acceptors (Lipinski definition) is 2. The SMILES string of the molecule is CC1CCN(C(=O)CCBr)C1CO. The van der Waals surface area contributed by atoms with Gasteiger partial charge in [0.2, 0.25) is 5.91 Å². The van der Waals surface area contributed by atoms with Crippen molar-refractivity contribution in [3.63, 3.8) is 0 Å². The molecule has 1 heterocycles. The number of hydrogen-bond donors (Lipinski definition) is 1. The largest absolute Gasteiger partial charge is 0.394 e. The predicted octanol–water partition coefficient (Wildman–Crippen LogP) is 1.00. The van der Waals surface area contributed by atoms with E-state index in [1.165, 1.54) is 0 Å². The van der Waals surface area contributed by atoms with Crippen LogP contribution in [-0.2, 0) is 4.79 Å². The van der Waals surface area contributed by atoms with Gasteiger partial charge >= 0.3 is 0 Å². The van der Waals surface area contributed by atoms with Crippen LogP contribution in [-0.4, -0.2) is 40.4 Å². The lowest BCUT2D eigenvalue weighted by Crippen LogP contribution is -2.39. The van der Waals surface area contributed by atoms with Gasteiger partial charge in [-0.3, -0.25) is 4.79 Å². The molecule has 13 heavy (non-hydrogen) atoms. The molecule has 0 aromatic carbocycles. The van der Waals surface area contributed by atoms with Crippen molar-refractivity contribution in [1.82, 2.24) is 4.90 Å². The lowest BCUT2D eigenvalue weighted by atomic mass is 10.0. The van der Waals surface area contributed by atoms with E-state index < -0.39 is 0 Å². The molecular formula is C9H16BrNO2. The normalized spacial score (nSPS) is 28.1. The summed E-state index contributed by atoms with van der Waals surface area (Å²) in [4.78, 5) is 13.4. The summed E-state index contributed by atoms with van der Waals surface area (Å²) in [5.74, 6) is 0.588. The molecule has 0 bridgehead atoms. The number of amides is 1. The number of alkyl halides is 1. The van der Waals surface area contributed by atoms with Crippen LogP contribution in [0.4, 0.5) is 0 Å². The van der Waals surface area contributed by atoms with Crippen molar-refractivity contribution in [3.05, 3.63) is 0 Å². The molecule has 0 aromatic heterocycles. The maximum atomic E-state index is 11.5. The minimum absolute atomic E-state index is 0.0477. The second-order valence-electron chi connectivity index (χ2n) is 3.54. The smallest absolute Gasteiger partial charge is 0.223 e. The lowest BCUT2D eigenvalue weighted by molar-refractivity contribution is -0.132. The van der Waals surface area contributed by atoms with Gasteiger partial charge in [0.25, 0.3) is 0 Å². The second kappa shape index (κ2) is 4.96. The Morgan fingerprint density at radius 3 is 2.92 bits per heavy atom. The van der Waals surface area contributed by atoms with Crippen molar-refractivity contribution >= 4 is 21.8 Å². The summed E-state index contributed by atoms with van der Waals surface area (Å²) in [5, 5.41) is 9.82. The highest BCUT2D eigenvalue weighted by atomic mass is 79.9. The average Bonchev–Trinajstić information content (AvgIpc) is 2.47. The number of rotatable bonds is 3. The molecule has 1 N–H and O–H groups in total. The van der Waals surface area contributed by atoms with E-state index in [0.29, 0.717) is 17.7 Å². The Morgan fingerprint density at radius 2 is 2.38 bits per heavy atom. The molecule has 1 saturated heterocycles. The summed E-state index contributed by atoms with van der Waals surface area (Å²) in [5.41, 5.74) is 0. The lowest BCUT2D eigenvalue weighted by Gasteiger charge is -2.24. The minimum Gasteiger partial charge on any atom is -0.394 e. The monoisotopic (exact) mass is 249 g/mol. The first-order chi connectivity index (χ1) is 6.20. The Balaban J connectivity index is 2.54. The summed E-state index contributed by atoms with van der Waals surface area (Å²) in [6, 6.07) is 0.0477. The molecule has 2 unspecified atom stereocenters. The highest BCUT2D eigenvalue weighted by Crippen LogP contribution is 2.24. The van der Waals surface area contributed by atoms with Gasteiger partial charge < -0.3 is 10.0 Å². The number of halogens is 1. The third-order valence-corrected chi connectivity index (χ3v) is 3.09. The third-order valence-electron chi connectivity index (χ3n) is 2.70. The molecule has 1 amide bonds. The second-order valence-corrected chi connectivity index (χ2v) is 4.33. The van der Waals surface area contributed by atoms with Gasteiger partial charge in [-0.1, -0.05) is 22.9 Å². The number of carbonyl (C=O) groups is 1. The van der Waals surface area contributed by atoms with Crippen LogP contribution in [0.2, 0.25) is 0 Å². The van der Waals surface area contributed by atoms with Crippen molar-refractivity contribution in [2.45, 2.75) is 25.8 Å². The summed E-state index contributed by atoms with van der Waals surface area (Å²) < 4.78 is 0. The van der Waals surface area contributed by atoms with E-state index >= 15 is 0 Å². The van der Waals surface area contributed by atoms with Crippen LogP contribution in [0, 0.1) is 5.92 Å². The number of aliphatic hydroxyl groups excluding tert-OH is 1. The van der Waals surface area contributed by atoms with Gasteiger partial charge in [0.15, 0.2) is 0 Å². The van der Waals surface area contributed by atoms with Crippen LogP contribution in [0.1, 0.15) is 19.8 Å². The van der Waals surface area contributed by atoms with Gasteiger partial charge in [-0.25, -0.2) is 0 Å². The molecule has 76 valence electrons. The molecule has 4 heteroatoms. The van der Waals surface area contributed by atoms with E-state index in [1.807, 2.05) is 4.90 Å². The Labute approximate surface area is 87.2 Å². The molecule has 1 aliphatic rings. The molecule has 1 rings (SSSR count). The quantitative estimate of drug-likeness (QED) is 0.759. The summed E-state index contributed by atoms with van der Waals surface area (Å²) in [7, 11) is 0. The van der Waals surface area contributed by atoms with Crippen LogP contribution >= 0.6 is 15.9 Å². The van der Waals surface area contributed by atoms with E-state index in [9.17, 15) is 4.79 Å². The van der Waals surface area contributed by atoms with E-state index in [1.54, 1.807) is 0 Å². The topological polar surface area (TPSA) is 40.5 Å². The van der Waals surface area contributed by atoms with Gasteiger partial charge in [-0.05, 0) is 12.3 Å². The zero-order chi connectivity index (χ0) is 9.84. The van der Waals surface area contributed by atoms with Crippen molar-refractivity contribution in [2.75, 3.05) is 18.5 Å². The fourth-order valence-electron chi connectivity index (χ4n) is 1.82. The van der Waals surface area contributed by atoms with E-state index in [2.05, 4.69) is 22.9 Å². The van der Waals surface area contributed by atoms with Crippen LogP contribution in [0.5, 0.6) is 0 Å². The number of carbonyl (C=O) groups excluding carboxylic acids is 1. The summed E-state index contributed by atoms with van der Waals surface area (Å²) in [6.07, 6.45) is 1.54. The Hall–Kier alpha value is -0.0900. The molecule has 3 nitrogen and oxygen atoms in total. The minimum atomic E-state index is 0.0477. The third kappa shape index (κ3) is 2.44. The maximum Gasteiger partial charge on any atom is 0.223 e. The van der Waals surface area contributed by atoms with Crippen molar-refractivity contribution in [3.8, 4) is 0 Å². The first-order valence-electron chi connectivity index (χ1n) is 4.67. The van der Waals surface area contributed by atoms with Gasteiger partial charge in [0, 0.05) is 18.3 Å². The molecule has 1 fully saturated rings. The Bertz CT molecular complexity index is 186. The zero-order valence-electron chi connectivity index (χ0n) is 7.87. The molecule has 0 aromatic rings. The standard InChI is InChI=1S/C9H16BrNO2/c1-7-3-5-11(8(7)6-12)9(13)2-4-10/h7-8,12H,2-6H2,1H3. The fourth-order valence-corrected chi connectivity index (χ4v) is 2.16. The Morgan fingerprint density at radius 1 is 1.69 bits per heavy atom. The van der Waals surface area contributed by atoms with Crippen molar-refractivity contribution in [2.24, 2.45) is 5.92 Å². The van der Waals surface area contributed by atoms with Crippen LogP contribution in [0.15, 0.2) is 0 Å². The molecule has 0 spiro atoms. The van der Waals surface area contributed by atoms with Gasteiger partial charge in [0.1, 0.15) is 0 Å². The van der Waals surface area contributed by atoms with Gasteiger partial charge in [-0.15, -0.1) is 0 Å². The Kier molecular flexibility index (Phi) is 4.19. The molecule has 0 aliphatic carbocycles. The van der Waals surface area contributed by atoms with E-state index in [4.69, 9.17) is 5.11 Å². The predicted molar refractivity (Wildman–Crippen MR) is 54.8 cm³/mol. The van der Waals surface area contributed by atoms with Crippen molar-refractivity contribution < 1.29 is 9.90 Å². The maximum absolute atomic E-state index is 11.5. The zero-order valence-corrected chi connectivity index (χ0v) is 9.46. The molecule has 1 aliphatic heterocycles. The van der Waals surface area contributed by atoms with E-state index in [0.717, 1.165) is 13.0 Å². The summed E-state index contributed by atoms with van der Waals surface area (Å²) in [6.45, 7) is 2.98. The fraction of sp³-hybridized carbons (Fsp3) is 0.889.